The molecular weight excluding hydrogens is 320 g/mol. The summed E-state index contributed by atoms with van der Waals surface area (Å²) in [5.41, 5.74) is 2.56. The molecule has 0 unspecified atom stereocenters. The summed E-state index contributed by atoms with van der Waals surface area (Å²) in [6.45, 7) is 4.47. The van der Waals surface area contributed by atoms with E-state index in [0.29, 0.717) is 19.0 Å². The summed E-state index contributed by atoms with van der Waals surface area (Å²) < 4.78 is 6.56. The molecule has 1 aliphatic rings. The van der Waals surface area contributed by atoms with Crippen molar-refractivity contribution in [1.82, 2.24) is 20.1 Å². The zero-order valence-electron chi connectivity index (χ0n) is 14.5. The Morgan fingerprint density at radius 3 is 2.96 bits per heavy atom. The quantitative estimate of drug-likeness (QED) is 0.858. The maximum atomic E-state index is 12.4. The van der Waals surface area contributed by atoms with Gasteiger partial charge in [-0.15, -0.1) is 0 Å². The number of ether oxygens (including phenoxy) is 1. The first-order chi connectivity index (χ1) is 12.1. The lowest BCUT2D eigenvalue weighted by Gasteiger charge is -2.15. The normalized spacial score (nSPS) is 14.0. The van der Waals surface area contributed by atoms with Crippen molar-refractivity contribution in [2.24, 2.45) is 0 Å². The van der Waals surface area contributed by atoms with Gasteiger partial charge in [-0.05, 0) is 44.2 Å². The summed E-state index contributed by atoms with van der Waals surface area (Å²) in [4.78, 5) is 28.7. The first-order valence-electron chi connectivity index (χ1n) is 8.55. The Morgan fingerprint density at radius 2 is 2.24 bits per heavy atom. The van der Waals surface area contributed by atoms with E-state index in [1.54, 1.807) is 25.3 Å². The zero-order valence-corrected chi connectivity index (χ0v) is 14.5. The predicted octanol–water partition coefficient (Wildman–Crippen LogP) is 1.40. The Kier molecular flexibility index (Phi) is 5.11. The molecule has 7 heteroatoms. The second-order valence-electron chi connectivity index (χ2n) is 6.08. The van der Waals surface area contributed by atoms with Crippen molar-refractivity contribution < 1.29 is 9.53 Å². The maximum absolute atomic E-state index is 12.4. The lowest BCUT2D eigenvalue weighted by molar-refractivity contribution is -0.124. The molecule has 3 rings (SSSR count). The molecule has 2 aromatic heterocycles. The molecule has 0 fully saturated rings. The molecule has 2 heterocycles. The molecule has 0 saturated carbocycles. The standard InChI is InChI=1S/C18H22N4O3/c1-3-25-16-8-7-13(10-19-16)11-20-18(24)12(2)22-17(23)9-14-5-4-6-15(14)21-22/h7-10,12H,3-6,11H2,1-2H3,(H,20,24)/t12-/m1/s1. The minimum absolute atomic E-state index is 0.231. The number of amides is 1. The number of hydrogen-bond acceptors (Lipinski definition) is 5. The van der Waals surface area contributed by atoms with Gasteiger partial charge in [0.2, 0.25) is 11.8 Å². The van der Waals surface area contributed by atoms with Crippen LogP contribution in [0.15, 0.2) is 29.2 Å². The number of pyridine rings is 1. The summed E-state index contributed by atoms with van der Waals surface area (Å²) in [6, 6.07) is 4.56. The van der Waals surface area contributed by atoms with E-state index in [2.05, 4.69) is 15.4 Å². The number of carbonyl (C=O) groups excluding carboxylic acids is 1. The fourth-order valence-electron chi connectivity index (χ4n) is 2.89. The van der Waals surface area contributed by atoms with Crippen LogP contribution in [0.3, 0.4) is 0 Å². The molecule has 0 aliphatic heterocycles. The molecule has 0 spiro atoms. The summed E-state index contributed by atoms with van der Waals surface area (Å²) in [5.74, 6) is 0.307. The van der Waals surface area contributed by atoms with Crippen molar-refractivity contribution in [2.75, 3.05) is 6.61 Å². The molecule has 132 valence electrons. The minimum Gasteiger partial charge on any atom is -0.478 e. The zero-order chi connectivity index (χ0) is 17.8. The molecule has 25 heavy (non-hydrogen) atoms. The summed E-state index contributed by atoms with van der Waals surface area (Å²) >= 11 is 0. The van der Waals surface area contributed by atoms with E-state index in [4.69, 9.17) is 4.74 Å². The van der Waals surface area contributed by atoms with Crippen LogP contribution >= 0.6 is 0 Å². The molecule has 0 radical (unpaired) electrons. The molecule has 0 aromatic carbocycles. The fraction of sp³-hybridized carbons (Fsp3) is 0.444. The first-order valence-corrected chi connectivity index (χ1v) is 8.55. The average molecular weight is 342 g/mol. The van der Waals surface area contributed by atoms with Gasteiger partial charge < -0.3 is 10.1 Å². The van der Waals surface area contributed by atoms with Crippen LogP contribution in [0.2, 0.25) is 0 Å². The summed E-state index contributed by atoms with van der Waals surface area (Å²) in [6.07, 6.45) is 4.43. The molecule has 1 atom stereocenters. The van der Waals surface area contributed by atoms with Crippen LogP contribution in [0.25, 0.3) is 0 Å². The largest absolute Gasteiger partial charge is 0.478 e. The van der Waals surface area contributed by atoms with Crippen molar-refractivity contribution in [1.29, 1.82) is 0 Å². The highest BCUT2D eigenvalue weighted by atomic mass is 16.5. The van der Waals surface area contributed by atoms with Gasteiger partial charge in [0, 0.05) is 24.9 Å². The Labute approximate surface area is 146 Å². The molecular formula is C18H22N4O3. The molecule has 2 aromatic rings. The Morgan fingerprint density at radius 1 is 1.40 bits per heavy atom. The molecule has 0 bridgehead atoms. The van der Waals surface area contributed by atoms with Gasteiger partial charge >= 0.3 is 0 Å². The molecule has 1 aliphatic carbocycles. The number of fused-ring (bicyclic) bond motifs is 1. The van der Waals surface area contributed by atoms with Gasteiger partial charge in [0.15, 0.2) is 0 Å². The van der Waals surface area contributed by atoms with Crippen LogP contribution < -0.4 is 15.6 Å². The van der Waals surface area contributed by atoms with E-state index < -0.39 is 6.04 Å². The fourth-order valence-corrected chi connectivity index (χ4v) is 2.89. The van der Waals surface area contributed by atoms with Gasteiger partial charge in [-0.3, -0.25) is 9.59 Å². The summed E-state index contributed by atoms with van der Waals surface area (Å²) in [5, 5.41) is 7.20. The van der Waals surface area contributed by atoms with E-state index in [1.165, 1.54) is 4.68 Å². The van der Waals surface area contributed by atoms with E-state index in [1.807, 2.05) is 13.0 Å². The highest BCUT2D eigenvalue weighted by Crippen LogP contribution is 2.18. The second kappa shape index (κ2) is 7.46. The number of nitrogens with one attached hydrogen (secondary N) is 1. The molecule has 7 nitrogen and oxygen atoms in total. The topological polar surface area (TPSA) is 86.1 Å². The molecule has 0 saturated heterocycles. The van der Waals surface area contributed by atoms with Crippen LogP contribution in [0.1, 0.15) is 43.1 Å². The first kappa shape index (κ1) is 17.1. The smallest absolute Gasteiger partial charge is 0.267 e. The van der Waals surface area contributed by atoms with Crippen molar-refractivity contribution in [3.05, 3.63) is 51.6 Å². The third-order valence-corrected chi connectivity index (χ3v) is 4.29. The van der Waals surface area contributed by atoms with E-state index in [0.717, 1.165) is 36.1 Å². The maximum Gasteiger partial charge on any atom is 0.267 e. The van der Waals surface area contributed by atoms with Crippen LogP contribution in [-0.2, 0) is 24.2 Å². The number of rotatable bonds is 6. The van der Waals surface area contributed by atoms with Crippen LogP contribution in [0.4, 0.5) is 0 Å². The average Bonchev–Trinajstić information content (AvgIpc) is 3.07. The van der Waals surface area contributed by atoms with E-state index in [-0.39, 0.29) is 11.5 Å². The lowest BCUT2D eigenvalue weighted by atomic mass is 10.2. The Balaban J connectivity index is 1.64. The second-order valence-corrected chi connectivity index (χ2v) is 6.08. The van der Waals surface area contributed by atoms with Crippen molar-refractivity contribution in [3.8, 4) is 5.88 Å². The van der Waals surface area contributed by atoms with Gasteiger partial charge in [-0.1, -0.05) is 6.07 Å². The van der Waals surface area contributed by atoms with Crippen LogP contribution in [0, 0.1) is 0 Å². The van der Waals surface area contributed by atoms with Crippen LogP contribution in [0.5, 0.6) is 5.88 Å². The number of hydrogen-bond donors (Lipinski definition) is 1. The number of nitrogens with zero attached hydrogens (tertiary/aromatic N) is 3. The van der Waals surface area contributed by atoms with Crippen molar-refractivity contribution >= 4 is 5.91 Å². The number of aromatic nitrogens is 3. The highest BCUT2D eigenvalue weighted by Gasteiger charge is 2.21. The number of aryl methyl sites for hydroxylation is 2. The Bertz CT molecular complexity index is 814. The highest BCUT2D eigenvalue weighted by molar-refractivity contribution is 5.79. The van der Waals surface area contributed by atoms with Gasteiger partial charge in [0.25, 0.3) is 5.56 Å². The summed E-state index contributed by atoms with van der Waals surface area (Å²) in [7, 11) is 0. The van der Waals surface area contributed by atoms with E-state index >= 15 is 0 Å². The van der Waals surface area contributed by atoms with Gasteiger partial charge in [0.1, 0.15) is 6.04 Å². The molecule has 1 N–H and O–H groups in total. The SMILES string of the molecule is CCOc1ccc(CNC(=O)[C@@H](C)n2nc3c(cc2=O)CCC3)cn1. The third-order valence-electron chi connectivity index (χ3n) is 4.29. The van der Waals surface area contributed by atoms with Crippen molar-refractivity contribution in [3.63, 3.8) is 0 Å². The van der Waals surface area contributed by atoms with Gasteiger partial charge in [0.05, 0.1) is 12.3 Å². The third kappa shape index (κ3) is 3.87. The predicted molar refractivity (Wildman–Crippen MR) is 92.5 cm³/mol. The Hall–Kier alpha value is -2.70. The van der Waals surface area contributed by atoms with Gasteiger partial charge in [-0.25, -0.2) is 9.67 Å². The van der Waals surface area contributed by atoms with Gasteiger partial charge in [-0.2, -0.15) is 5.10 Å². The monoisotopic (exact) mass is 342 g/mol. The van der Waals surface area contributed by atoms with E-state index in [9.17, 15) is 9.59 Å². The number of carbonyl (C=O) groups is 1. The molecule has 1 amide bonds. The minimum atomic E-state index is -0.658. The van der Waals surface area contributed by atoms with Crippen molar-refractivity contribution in [2.45, 2.75) is 45.7 Å². The van der Waals surface area contributed by atoms with Crippen LogP contribution in [-0.4, -0.2) is 27.3 Å². The lowest BCUT2D eigenvalue weighted by Crippen LogP contribution is -2.37.